The summed E-state index contributed by atoms with van der Waals surface area (Å²) in [5.74, 6) is -1.22. The molecule has 2 heterocycles. The van der Waals surface area contributed by atoms with Crippen LogP contribution in [0.3, 0.4) is 0 Å². The summed E-state index contributed by atoms with van der Waals surface area (Å²) in [6, 6.07) is 6.03. The van der Waals surface area contributed by atoms with Crippen LogP contribution in [0.1, 0.15) is 32.6 Å². The van der Waals surface area contributed by atoms with Gasteiger partial charge in [0.25, 0.3) is 0 Å². The topological polar surface area (TPSA) is 70.5 Å². The smallest absolute Gasteiger partial charge is 0.335 e. The first-order valence-electron chi connectivity index (χ1n) is 7.28. The van der Waals surface area contributed by atoms with Gasteiger partial charge in [0.1, 0.15) is 11.2 Å². The first kappa shape index (κ1) is 16.4. The molecule has 0 aliphatic carbocycles. The van der Waals surface area contributed by atoms with Crippen LogP contribution in [0.2, 0.25) is 0 Å². The second-order valence-corrected chi connectivity index (χ2v) is 6.58. The Hall–Kier alpha value is -2.41. The van der Waals surface area contributed by atoms with Crippen LogP contribution >= 0.6 is 11.8 Å². The van der Waals surface area contributed by atoms with Crippen LogP contribution in [0.25, 0.3) is 0 Å². The van der Waals surface area contributed by atoms with Crippen molar-refractivity contribution in [2.75, 3.05) is 10.7 Å². The van der Waals surface area contributed by atoms with Gasteiger partial charge in [-0.25, -0.2) is 9.18 Å². The lowest BCUT2D eigenvalue weighted by molar-refractivity contribution is -0.115. The van der Waals surface area contributed by atoms with Crippen LogP contribution in [-0.2, 0) is 4.79 Å². The summed E-state index contributed by atoms with van der Waals surface area (Å²) in [5, 5.41) is 8.87. The van der Waals surface area contributed by atoms with E-state index >= 15 is 0 Å². The van der Waals surface area contributed by atoms with Crippen molar-refractivity contribution in [1.29, 1.82) is 0 Å². The quantitative estimate of drug-likeness (QED) is 0.923. The minimum atomic E-state index is -0.999. The van der Waals surface area contributed by atoms with Gasteiger partial charge in [-0.1, -0.05) is 0 Å². The van der Waals surface area contributed by atoms with Gasteiger partial charge in [0.05, 0.1) is 23.2 Å². The average molecular weight is 346 g/mol. The molecule has 3 rings (SSSR count). The molecule has 0 bridgehead atoms. The summed E-state index contributed by atoms with van der Waals surface area (Å²) in [5.41, 5.74) is 2.82. The maximum absolute atomic E-state index is 13.1. The molecule has 0 radical (unpaired) electrons. The van der Waals surface area contributed by atoms with E-state index in [9.17, 15) is 19.1 Å². The summed E-state index contributed by atoms with van der Waals surface area (Å²) in [6.07, 6.45) is 1.13. The number of carboxylic acid groups (broad SMARTS) is 1. The summed E-state index contributed by atoms with van der Waals surface area (Å²) >= 11 is 1.41. The number of amides is 1. The first-order valence-corrected chi connectivity index (χ1v) is 8.33. The second kappa shape index (κ2) is 6.24. The standard InChI is InChI=1S/C17H15FN2O3S/c1-9-10(2)14(6-4-12(9)17(22)23)20-15(21)8-24-16(20)13-5-3-11(18)7-19-13/h3-7,16H,8H2,1-2H3,(H,22,23). The highest BCUT2D eigenvalue weighted by Crippen LogP contribution is 2.42. The Labute approximate surface area is 142 Å². The van der Waals surface area contributed by atoms with Crippen LogP contribution in [0.4, 0.5) is 10.1 Å². The number of carboxylic acids is 1. The van der Waals surface area contributed by atoms with E-state index in [1.165, 1.54) is 23.9 Å². The number of aromatic carboxylic acids is 1. The third-order valence-electron chi connectivity index (χ3n) is 4.12. The Morgan fingerprint density at radius 2 is 2.04 bits per heavy atom. The predicted octanol–water partition coefficient (Wildman–Crippen LogP) is 3.31. The van der Waals surface area contributed by atoms with Gasteiger partial charge in [0, 0.05) is 5.69 Å². The van der Waals surface area contributed by atoms with Gasteiger partial charge >= 0.3 is 5.97 Å². The third kappa shape index (κ3) is 2.75. The molecule has 1 N–H and O–H groups in total. The number of aromatic nitrogens is 1. The number of anilines is 1. The van der Waals surface area contributed by atoms with Crippen molar-refractivity contribution in [1.82, 2.24) is 4.98 Å². The molecular weight excluding hydrogens is 331 g/mol. The zero-order valence-corrected chi connectivity index (χ0v) is 13.9. The zero-order chi connectivity index (χ0) is 17.4. The predicted molar refractivity (Wildman–Crippen MR) is 89.8 cm³/mol. The van der Waals surface area contributed by atoms with Crippen LogP contribution in [-0.4, -0.2) is 27.7 Å². The van der Waals surface area contributed by atoms with Crippen molar-refractivity contribution in [2.45, 2.75) is 19.2 Å². The number of carbonyl (C=O) groups excluding carboxylic acids is 1. The number of rotatable bonds is 3. The Bertz CT molecular complexity index is 823. The van der Waals surface area contributed by atoms with Gasteiger partial charge in [-0.15, -0.1) is 11.8 Å². The Morgan fingerprint density at radius 1 is 1.29 bits per heavy atom. The summed E-state index contributed by atoms with van der Waals surface area (Å²) in [6.45, 7) is 3.52. The number of benzene rings is 1. The van der Waals surface area contributed by atoms with E-state index in [-0.39, 0.29) is 16.8 Å². The fraction of sp³-hybridized carbons (Fsp3) is 0.235. The zero-order valence-electron chi connectivity index (χ0n) is 13.1. The molecule has 0 spiro atoms. The molecule has 24 heavy (non-hydrogen) atoms. The number of hydrogen-bond donors (Lipinski definition) is 1. The monoisotopic (exact) mass is 346 g/mol. The normalized spacial score (nSPS) is 17.4. The molecule has 1 aliphatic heterocycles. The molecule has 2 aromatic rings. The van der Waals surface area contributed by atoms with E-state index < -0.39 is 11.8 Å². The Balaban J connectivity index is 2.06. The fourth-order valence-electron chi connectivity index (χ4n) is 2.74. The lowest BCUT2D eigenvalue weighted by Crippen LogP contribution is -2.29. The fourth-order valence-corrected chi connectivity index (χ4v) is 3.87. The van der Waals surface area contributed by atoms with E-state index in [4.69, 9.17) is 0 Å². The molecule has 7 heteroatoms. The van der Waals surface area contributed by atoms with Crippen molar-refractivity contribution in [3.8, 4) is 0 Å². The van der Waals surface area contributed by atoms with Crippen molar-refractivity contribution in [2.24, 2.45) is 0 Å². The van der Waals surface area contributed by atoms with Crippen molar-refractivity contribution in [3.05, 3.63) is 58.7 Å². The van der Waals surface area contributed by atoms with Gasteiger partial charge in [-0.2, -0.15) is 0 Å². The van der Waals surface area contributed by atoms with Gasteiger partial charge in [0.2, 0.25) is 5.91 Å². The molecule has 124 valence electrons. The number of pyridine rings is 1. The highest BCUT2D eigenvalue weighted by atomic mass is 32.2. The Kier molecular flexibility index (Phi) is 4.28. The van der Waals surface area contributed by atoms with Crippen molar-refractivity contribution in [3.63, 3.8) is 0 Å². The highest BCUT2D eigenvalue weighted by molar-refractivity contribution is 8.00. The highest BCUT2D eigenvalue weighted by Gasteiger charge is 2.36. The minimum Gasteiger partial charge on any atom is -0.478 e. The molecule has 1 amide bonds. The molecule has 0 saturated carbocycles. The van der Waals surface area contributed by atoms with Crippen LogP contribution in [0.5, 0.6) is 0 Å². The maximum Gasteiger partial charge on any atom is 0.335 e. The lowest BCUT2D eigenvalue weighted by Gasteiger charge is -2.26. The number of thioether (sulfide) groups is 1. The molecule has 1 fully saturated rings. The van der Waals surface area contributed by atoms with Gasteiger partial charge in [-0.05, 0) is 49.2 Å². The summed E-state index contributed by atoms with van der Waals surface area (Å²) < 4.78 is 13.1. The number of hydrogen-bond acceptors (Lipinski definition) is 4. The lowest BCUT2D eigenvalue weighted by atomic mass is 10.0. The molecule has 1 saturated heterocycles. The van der Waals surface area contributed by atoms with Crippen molar-refractivity contribution >= 4 is 29.3 Å². The van der Waals surface area contributed by atoms with Gasteiger partial charge < -0.3 is 5.11 Å². The molecule has 5 nitrogen and oxygen atoms in total. The minimum absolute atomic E-state index is 0.0818. The molecule has 1 unspecified atom stereocenters. The van der Waals surface area contributed by atoms with E-state index in [1.807, 2.05) is 0 Å². The molecule has 1 aromatic heterocycles. The van der Waals surface area contributed by atoms with E-state index in [2.05, 4.69) is 4.98 Å². The molecular formula is C17H15FN2O3S. The largest absolute Gasteiger partial charge is 0.478 e. The number of carbonyl (C=O) groups is 2. The third-order valence-corrected chi connectivity index (χ3v) is 5.30. The van der Waals surface area contributed by atoms with E-state index in [0.717, 1.165) is 11.8 Å². The van der Waals surface area contributed by atoms with Crippen LogP contribution < -0.4 is 4.90 Å². The van der Waals surface area contributed by atoms with Crippen LogP contribution in [0.15, 0.2) is 30.5 Å². The van der Waals surface area contributed by atoms with Gasteiger partial charge in [-0.3, -0.25) is 14.7 Å². The summed E-state index contributed by atoms with van der Waals surface area (Å²) in [7, 11) is 0. The molecule has 1 atom stereocenters. The van der Waals surface area contributed by atoms with Crippen molar-refractivity contribution < 1.29 is 19.1 Å². The van der Waals surface area contributed by atoms with Crippen LogP contribution in [0, 0.1) is 19.7 Å². The Morgan fingerprint density at radius 3 is 2.67 bits per heavy atom. The molecule has 1 aromatic carbocycles. The number of nitrogens with zero attached hydrogens (tertiary/aromatic N) is 2. The van der Waals surface area contributed by atoms with Gasteiger partial charge in [0.15, 0.2) is 0 Å². The van der Waals surface area contributed by atoms with E-state index in [0.29, 0.717) is 22.7 Å². The SMILES string of the molecule is Cc1c(C(=O)O)ccc(N2C(=O)CSC2c2ccc(F)cn2)c1C. The summed E-state index contributed by atoms with van der Waals surface area (Å²) in [4.78, 5) is 29.3. The van der Waals surface area contributed by atoms with E-state index in [1.54, 1.807) is 30.9 Å². The average Bonchev–Trinajstić information content (AvgIpc) is 2.92. The molecule has 1 aliphatic rings. The second-order valence-electron chi connectivity index (χ2n) is 5.52. The maximum atomic E-state index is 13.1. The number of halogens is 1. The first-order chi connectivity index (χ1) is 11.4.